The molecule has 2 bridgehead atoms. The van der Waals surface area contributed by atoms with Crippen LogP contribution in [0.2, 0.25) is 0 Å². The van der Waals surface area contributed by atoms with Gasteiger partial charge in [0.25, 0.3) is 0 Å². The molecule has 0 aliphatic heterocycles. The van der Waals surface area contributed by atoms with Gasteiger partial charge >= 0.3 is 0 Å². The molecule has 1 N–H and O–H groups in total. The first-order chi connectivity index (χ1) is 9.33. The van der Waals surface area contributed by atoms with Crippen LogP contribution in [0.15, 0.2) is 24.3 Å². The molecule has 2 aliphatic rings. The average molecular weight is 271 g/mol. The Bertz CT molecular complexity index is 499. The molecule has 0 heterocycles. The van der Waals surface area contributed by atoms with Crippen LogP contribution in [0.1, 0.15) is 64.1 Å². The molecule has 0 amide bonds. The van der Waals surface area contributed by atoms with E-state index in [0.717, 1.165) is 5.92 Å². The number of hydrogen-bond donors (Lipinski definition) is 1. The van der Waals surface area contributed by atoms with E-state index in [1.165, 1.54) is 30.4 Å². The van der Waals surface area contributed by atoms with Crippen molar-refractivity contribution in [2.45, 2.75) is 66.0 Å². The van der Waals surface area contributed by atoms with Gasteiger partial charge in [0.05, 0.1) is 0 Å². The van der Waals surface area contributed by atoms with Gasteiger partial charge in [-0.3, -0.25) is 0 Å². The Morgan fingerprint density at radius 2 is 2.00 bits per heavy atom. The second kappa shape index (κ2) is 4.59. The summed E-state index contributed by atoms with van der Waals surface area (Å²) < 4.78 is 0. The molecule has 2 saturated carbocycles. The smallest absolute Gasteiger partial charge is 0.0294 e. The molecule has 1 nitrogen and oxygen atoms in total. The molecular formula is C19H29N. The molecule has 0 saturated heterocycles. The van der Waals surface area contributed by atoms with Crippen molar-refractivity contribution < 1.29 is 0 Å². The van der Waals surface area contributed by atoms with Crippen LogP contribution >= 0.6 is 0 Å². The van der Waals surface area contributed by atoms with Crippen molar-refractivity contribution in [1.29, 1.82) is 0 Å². The molecule has 2 aliphatic carbocycles. The van der Waals surface area contributed by atoms with Gasteiger partial charge in [-0.2, -0.15) is 0 Å². The summed E-state index contributed by atoms with van der Waals surface area (Å²) in [5, 5.41) is 3.98. The minimum Gasteiger partial charge on any atom is -0.306 e. The highest BCUT2D eigenvalue weighted by Crippen LogP contribution is 2.62. The van der Waals surface area contributed by atoms with Gasteiger partial charge in [0, 0.05) is 12.1 Å². The van der Waals surface area contributed by atoms with Gasteiger partial charge in [0.2, 0.25) is 0 Å². The van der Waals surface area contributed by atoms with Crippen molar-refractivity contribution >= 4 is 0 Å². The van der Waals surface area contributed by atoms with Crippen LogP contribution in [0.25, 0.3) is 0 Å². The predicted molar refractivity (Wildman–Crippen MR) is 85.7 cm³/mol. The third-order valence-corrected chi connectivity index (χ3v) is 6.23. The van der Waals surface area contributed by atoms with E-state index in [0.29, 0.717) is 22.9 Å². The van der Waals surface area contributed by atoms with Gasteiger partial charge in [-0.25, -0.2) is 0 Å². The highest BCUT2D eigenvalue weighted by atomic mass is 15.0. The number of aryl methyl sites for hydroxylation is 1. The maximum absolute atomic E-state index is 3.98. The lowest BCUT2D eigenvalue weighted by molar-refractivity contribution is 0.100. The Kier molecular flexibility index (Phi) is 3.25. The molecule has 0 spiro atoms. The number of rotatable bonds is 3. The predicted octanol–water partition coefficient (Wildman–Crippen LogP) is 4.86. The van der Waals surface area contributed by atoms with Gasteiger partial charge < -0.3 is 5.32 Å². The molecule has 1 aromatic rings. The highest BCUT2D eigenvalue weighted by molar-refractivity contribution is 5.25. The lowest BCUT2D eigenvalue weighted by atomic mass is 9.68. The largest absolute Gasteiger partial charge is 0.306 e. The fourth-order valence-corrected chi connectivity index (χ4v) is 5.00. The van der Waals surface area contributed by atoms with Gasteiger partial charge in [0.1, 0.15) is 0 Å². The Balaban J connectivity index is 1.80. The van der Waals surface area contributed by atoms with Crippen molar-refractivity contribution in [3.05, 3.63) is 35.4 Å². The second-order valence-corrected chi connectivity index (χ2v) is 8.15. The molecule has 0 radical (unpaired) electrons. The first kappa shape index (κ1) is 14.1. The first-order valence-corrected chi connectivity index (χ1v) is 8.15. The summed E-state index contributed by atoms with van der Waals surface area (Å²) in [6.07, 6.45) is 4.25. The molecule has 3 rings (SSSR count). The van der Waals surface area contributed by atoms with Crippen molar-refractivity contribution in [1.82, 2.24) is 5.32 Å². The van der Waals surface area contributed by atoms with E-state index >= 15 is 0 Å². The number of hydrogen-bond acceptors (Lipinski definition) is 1. The summed E-state index contributed by atoms with van der Waals surface area (Å²) in [4.78, 5) is 0. The lowest BCUT2D eigenvalue weighted by Gasteiger charge is -2.44. The number of fused-ring (bicyclic) bond motifs is 2. The third kappa shape index (κ3) is 2.11. The molecule has 1 aromatic carbocycles. The molecule has 20 heavy (non-hydrogen) atoms. The number of benzene rings is 1. The van der Waals surface area contributed by atoms with Gasteiger partial charge in [-0.1, -0.05) is 50.6 Å². The molecular weight excluding hydrogens is 242 g/mol. The molecule has 0 aromatic heterocycles. The summed E-state index contributed by atoms with van der Waals surface area (Å²) >= 11 is 0. The average Bonchev–Trinajstić information content (AvgIpc) is 2.85. The Hall–Kier alpha value is -0.820. The van der Waals surface area contributed by atoms with E-state index in [4.69, 9.17) is 0 Å². The van der Waals surface area contributed by atoms with Crippen molar-refractivity contribution in [3.63, 3.8) is 0 Å². The van der Waals surface area contributed by atoms with E-state index in [1.807, 2.05) is 0 Å². The van der Waals surface area contributed by atoms with E-state index < -0.39 is 0 Å². The molecule has 2 fully saturated rings. The third-order valence-electron chi connectivity index (χ3n) is 6.23. The minimum atomic E-state index is 0.436. The summed E-state index contributed by atoms with van der Waals surface area (Å²) in [5.41, 5.74) is 3.72. The lowest BCUT2D eigenvalue weighted by Crippen LogP contribution is -2.50. The van der Waals surface area contributed by atoms with Crippen molar-refractivity contribution in [2.75, 3.05) is 0 Å². The summed E-state index contributed by atoms with van der Waals surface area (Å²) in [5.74, 6) is 0.912. The highest BCUT2D eigenvalue weighted by Gasteiger charge is 2.59. The maximum Gasteiger partial charge on any atom is 0.0294 e. The van der Waals surface area contributed by atoms with E-state index in [9.17, 15) is 0 Å². The van der Waals surface area contributed by atoms with Crippen LogP contribution in [-0.2, 0) is 0 Å². The molecule has 1 heteroatoms. The van der Waals surface area contributed by atoms with E-state index in [2.05, 4.69) is 64.2 Å². The van der Waals surface area contributed by atoms with Crippen LogP contribution < -0.4 is 5.32 Å². The van der Waals surface area contributed by atoms with Crippen molar-refractivity contribution in [2.24, 2.45) is 16.7 Å². The first-order valence-electron chi connectivity index (χ1n) is 8.15. The fraction of sp³-hybridized carbons (Fsp3) is 0.684. The summed E-state index contributed by atoms with van der Waals surface area (Å²) in [6.45, 7) is 12.0. The minimum absolute atomic E-state index is 0.436. The Morgan fingerprint density at radius 1 is 1.25 bits per heavy atom. The molecule has 110 valence electrons. The topological polar surface area (TPSA) is 12.0 Å². The summed E-state index contributed by atoms with van der Waals surface area (Å²) in [7, 11) is 0. The maximum atomic E-state index is 3.98. The zero-order chi connectivity index (χ0) is 14.5. The van der Waals surface area contributed by atoms with Crippen LogP contribution in [0.3, 0.4) is 0 Å². The quantitative estimate of drug-likeness (QED) is 0.827. The standard InChI is InChI=1S/C19H29N/c1-13-7-6-8-15(11-13)14(2)20-17-18(3,4)16-9-10-19(17,5)12-16/h6-8,11,14,16-17,20H,9-10,12H2,1-5H3/t14-,16+,17?,19-/m1/s1. The molecule has 4 atom stereocenters. The van der Waals surface area contributed by atoms with Crippen LogP contribution in [0.4, 0.5) is 0 Å². The normalized spacial score (nSPS) is 36.2. The summed E-state index contributed by atoms with van der Waals surface area (Å²) in [6, 6.07) is 10.0. The van der Waals surface area contributed by atoms with Crippen molar-refractivity contribution in [3.8, 4) is 0 Å². The van der Waals surface area contributed by atoms with Gasteiger partial charge in [-0.15, -0.1) is 0 Å². The SMILES string of the molecule is Cc1cccc([C@@H](C)NC2C(C)(C)[C@H]3CC[C@]2(C)C3)c1. The number of nitrogens with one attached hydrogen (secondary N) is 1. The zero-order valence-electron chi connectivity index (χ0n) is 13.7. The molecule has 1 unspecified atom stereocenters. The Morgan fingerprint density at radius 3 is 2.60 bits per heavy atom. The van der Waals surface area contributed by atoms with Crippen LogP contribution in [-0.4, -0.2) is 6.04 Å². The zero-order valence-corrected chi connectivity index (χ0v) is 13.7. The Labute approximate surface area is 124 Å². The second-order valence-electron chi connectivity index (χ2n) is 8.15. The fourth-order valence-electron chi connectivity index (χ4n) is 5.00. The van der Waals surface area contributed by atoms with E-state index in [-0.39, 0.29) is 0 Å². The van der Waals surface area contributed by atoms with Gasteiger partial charge in [0.15, 0.2) is 0 Å². The van der Waals surface area contributed by atoms with Crippen LogP contribution in [0.5, 0.6) is 0 Å². The van der Waals surface area contributed by atoms with E-state index in [1.54, 1.807) is 0 Å². The van der Waals surface area contributed by atoms with Crippen LogP contribution in [0, 0.1) is 23.7 Å². The van der Waals surface area contributed by atoms with Gasteiger partial charge in [-0.05, 0) is 55.4 Å². The monoisotopic (exact) mass is 271 g/mol.